The molecule has 1 aromatic rings. The van der Waals surface area contributed by atoms with Gasteiger partial charge in [0.15, 0.2) is 0 Å². The molecular weight excluding hydrogens is 315 g/mol. The predicted molar refractivity (Wildman–Crippen MR) is 83.8 cm³/mol. The fourth-order valence-corrected chi connectivity index (χ4v) is 3.52. The molecule has 1 aromatic carbocycles. The highest BCUT2D eigenvalue weighted by atomic mass is 19.1. The second-order valence-electron chi connectivity index (χ2n) is 6.35. The number of hydrogen-bond donors (Lipinski definition) is 2. The largest absolute Gasteiger partial charge is 0.481 e. The molecule has 1 saturated heterocycles. The van der Waals surface area contributed by atoms with Crippen LogP contribution in [0.15, 0.2) is 24.3 Å². The van der Waals surface area contributed by atoms with E-state index in [2.05, 4.69) is 5.32 Å². The Kier molecular flexibility index (Phi) is 4.51. The number of carboxylic acids is 1. The molecule has 1 saturated carbocycles. The van der Waals surface area contributed by atoms with Crippen LogP contribution in [0.1, 0.15) is 25.7 Å². The van der Waals surface area contributed by atoms with Gasteiger partial charge in [-0.3, -0.25) is 14.4 Å². The Hall–Kier alpha value is -2.44. The van der Waals surface area contributed by atoms with Crippen LogP contribution in [-0.2, 0) is 14.4 Å². The van der Waals surface area contributed by atoms with Gasteiger partial charge in [0, 0.05) is 19.0 Å². The average Bonchev–Trinajstić information content (AvgIpc) is 3.14. The van der Waals surface area contributed by atoms with Crippen LogP contribution in [0, 0.1) is 17.7 Å². The fraction of sp³-hybridized carbons (Fsp3) is 0.471. The third-order valence-electron chi connectivity index (χ3n) is 4.80. The molecule has 0 spiro atoms. The fourth-order valence-electron chi connectivity index (χ4n) is 3.52. The van der Waals surface area contributed by atoms with Crippen molar-refractivity contribution in [1.29, 1.82) is 0 Å². The molecule has 1 aliphatic carbocycles. The topological polar surface area (TPSA) is 86.7 Å². The Morgan fingerprint density at radius 2 is 2.00 bits per heavy atom. The zero-order chi connectivity index (χ0) is 17.3. The molecule has 24 heavy (non-hydrogen) atoms. The molecule has 1 unspecified atom stereocenters. The Morgan fingerprint density at radius 1 is 1.25 bits per heavy atom. The SMILES string of the molecule is O=C(N[C@H]1CCC[C@H]1C(=O)O)C1CC(=O)N(c2ccccc2F)C1. The van der Waals surface area contributed by atoms with E-state index in [1.165, 1.54) is 23.1 Å². The quantitative estimate of drug-likeness (QED) is 0.875. The maximum absolute atomic E-state index is 13.9. The molecule has 0 bridgehead atoms. The molecule has 6 nitrogen and oxygen atoms in total. The number of hydrogen-bond acceptors (Lipinski definition) is 3. The zero-order valence-electron chi connectivity index (χ0n) is 13.1. The number of carbonyl (C=O) groups excluding carboxylic acids is 2. The van der Waals surface area contributed by atoms with E-state index >= 15 is 0 Å². The highest BCUT2D eigenvalue weighted by Gasteiger charge is 2.39. The number of carboxylic acid groups (broad SMARTS) is 1. The molecule has 2 aliphatic rings. The first-order valence-corrected chi connectivity index (χ1v) is 8.05. The van der Waals surface area contributed by atoms with Crippen LogP contribution >= 0.6 is 0 Å². The van der Waals surface area contributed by atoms with Gasteiger partial charge >= 0.3 is 5.97 Å². The third-order valence-corrected chi connectivity index (χ3v) is 4.80. The minimum Gasteiger partial charge on any atom is -0.481 e. The van der Waals surface area contributed by atoms with E-state index in [1.807, 2.05) is 0 Å². The highest BCUT2D eigenvalue weighted by Crippen LogP contribution is 2.29. The van der Waals surface area contributed by atoms with Gasteiger partial charge in [0.25, 0.3) is 0 Å². The number of para-hydroxylation sites is 1. The lowest BCUT2D eigenvalue weighted by molar-refractivity contribution is -0.142. The van der Waals surface area contributed by atoms with E-state index in [9.17, 15) is 18.8 Å². The summed E-state index contributed by atoms with van der Waals surface area (Å²) in [6, 6.07) is 5.55. The van der Waals surface area contributed by atoms with Gasteiger partial charge in [-0.25, -0.2) is 4.39 Å². The maximum atomic E-state index is 13.9. The second-order valence-corrected chi connectivity index (χ2v) is 6.35. The second kappa shape index (κ2) is 6.59. The van der Waals surface area contributed by atoms with Crippen LogP contribution in [-0.4, -0.2) is 35.5 Å². The van der Waals surface area contributed by atoms with Crippen molar-refractivity contribution in [3.05, 3.63) is 30.1 Å². The summed E-state index contributed by atoms with van der Waals surface area (Å²) in [5.74, 6) is -3.22. The summed E-state index contributed by atoms with van der Waals surface area (Å²) in [5, 5.41) is 11.9. The van der Waals surface area contributed by atoms with Crippen LogP contribution in [0.5, 0.6) is 0 Å². The van der Waals surface area contributed by atoms with Crippen molar-refractivity contribution in [3.8, 4) is 0 Å². The number of nitrogens with zero attached hydrogens (tertiary/aromatic N) is 1. The van der Waals surface area contributed by atoms with Crippen molar-refractivity contribution in [2.45, 2.75) is 31.7 Å². The Bertz CT molecular complexity index is 678. The van der Waals surface area contributed by atoms with Crippen LogP contribution in [0.4, 0.5) is 10.1 Å². The van der Waals surface area contributed by atoms with E-state index < -0.39 is 29.7 Å². The first-order valence-electron chi connectivity index (χ1n) is 8.05. The van der Waals surface area contributed by atoms with Gasteiger partial charge in [-0.2, -0.15) is 0 Å². The number of halogens is 1. The van der Waals surface area contributed by atoms with E-state index in [-0.39, 0.29) is 30.5 Å². The maximum Gasteiger partial charge on any atom is 0.308 e. The van der Waals surface area contributed by atoms with Crippen molar-refractivity contribution in [1.82, 2.24) is 5.32 Å². The highest BCUT2D eigenvalue weighted by molar-refractivity contribution is 6.00. The minimum absolute atomic E-state index is 0.00459. The molecule has 0 aromatic heterocycles. The van der Waals surface area contributed by atoms with Gasteiger partial charge in [0.1, 0.15) is 5.82 Å². The molecule has 0 radical (unpaired) electrons. The normalized spacial score (nSPS) is 26.6. The smallest absolute Gasteiger partial charge is 0.308 e. The molecule has 2 fully saturated rings. The number of aliphatic carboxylic acids is 1. The molecule has 3 rings (SSSR count). The molecule has 128 valence electrons. The van der Waals surface area contributed by atoms with Crippen LogP contribution in [0.25, 0.3) is 0 Å². The van der Waals surface area contributed by atoms with Crippen molar-refractivity contribution in [2.75, 3.05) is 11.4 Å². The van der Waals surface area contributed by atoms with Gasteiger partial charge in [-0.1, -0.05) is 18.6 Å². The Labute approximate surface area is 138 Å². The lowest BCUT2D eigenvalue weighted by Crippen LogP contribution is -2.43. The summed E-state index contributed by atoms with van der Waals surface area (Å²) in [6.45, 7) is 0.107. The summed E-state index contributed by atoms with van der Waals surface area (Å²) in [4.78, 5) is 37.0. The van der Waals surface area contributed by atoms with Crippen molar-refractivity contribution >= 4 is 23.5 Å². The molecule has 3 atom stereocenters. The molecule has 7 heteroatoms. The minimum atomic E-state index is -0.909. The van der Waals surface area contributed by atoms with Crippen molar-refractivity contribution in [3.63, 3.8) is 0 Å². The van der Waals surface area contributed by atoms with Crippen LogP contribution in [0.2, 0.25) is 0 Å². The van der Waals surface area contributed by atoms with Gasteiger partial charge in [0.05, 0.1) is 17.5 Å². The molecule has 1 aliphatic heterocycles. The van der Waals surface area contributed by atoms with E-state index in [4.69, 9.17) is 5.11 Å². The summed E-state index contributed by atoms with van der Waals surface area (Å²) >= 11 is 0. The van der Waals surface area contributed by atoms with E-state index in [1.54, 1.807) is 6.07 Å². The monoisotopic (exact) mass is 334 g/mol. The van der Waals surface area contributed by atoms with Gasteiger partial charge in [0.2, 0.25) is 11.8 Å². The Morgan fingerprint density at radius 3 is 2.71 bits per heavy atom. The third kappa shape index (κ3) is 3.11. The van der Waals surface area contributed by atoms with Gasteiger partial charge in [-0.05, 0) is 25.0 Å². The average molecular weight is 334 g/mol. The number of amides is 2. The summed E-state index contributed by atoms with van der Waals surface area (Å²) in [7, 11) is 0. The van der Waals surface area contributed by atoms with Gasteiger partial charge < -0.3 is 15.3 Å². The Balaban J connectivity index is 1.66. The zero-order valence-corrected chi connectivity index (χ0v) is 13.1. The van der Waals surface area contributed by atoms with Gasteiger partial charge in [-0.15, -0.1) is 0 Å². The van der Waals surface area contributed by atoms with Crippen LogP contribution < -0.4 is 10.2 Å². The first-order chi connectivity index (χ1) is 11.5. The number of benzene rings is 1. The summed E-state index contributed by atoms with van der Waals surface area (Å²) in [6.07, 6.45) is 1.93. The first kappa shape index (κ1) is 16.4. The van der Waals surface area contributed by atoms with E-state index in [0.717, 1.165) is 6.42 Å². The number of carbonyl (C=O) groups is 3. The summed E-state index contributed by atoms with van der Waals surface area (Å²) in [5.41, 5.74) is 0.169. The molecule has 2 amide bonds. The number of anilines is 1. The predicted octanol–water partition coefficient (Wildman–Crippen LogP) is 1.55. The molecule has 2 N–H and O–H groups in total. The lowest BCUT2D eigenvalue weighted by atomic mass is 10.0. The van der Waals surface area contributed by atoms with Crippen molar-refractivity contribution < 1.29 is 23.9 Å². The molecule has 1 heterocycles. The van der Waals surface area contributed by atoms with Crippen LogP contribution in [0.3, 0.4) is 0 Å². The lowest BCUT2D eigenvalue weighted by Gasteiger charge is -2.20. The van der Waals surface area contributed by atoms with E-state index in [0.29, 0.717) is 12.8 Å². The molecular formula is C17H19FN2O4. The summed E-state index contributed by atoms with van der Waals surface area (Å²) < 4.78 is 13.9. The van der Waals surface area contributed by atoms with Crippen molar-refractivity contribution in [2.24, 2.45) is 11.8 Å². The standard InChI is InChI=1S/C17H19FN2O4/c18-12-5-1-2-7-14(12)20-9-10(8-15(20)21)16(22)19-13-6-3-4-11(13)17(23)24/h1-2,5,7,10-11,13H,3-4,6,8-9H2,(H,19,22)(H,23,24)/t10?,11-,13+/m1/s1. The number of nitrogens with one attached hydrogen (secondary N) is 1. The number of rotatable bonds is 4.